The molecule has 0 N–H and O–H groups in total. The Morgan fingerprint density at radius 1 is 0.264 bits per heavy atom. The average Bonchev–Trinajstić information content (AvgIpc) is 4.18. The number of rotatable bonds is 6. The van der Waals surface area contributed by atoms with Gasteiger partial charge in [-0.15, -0.1) is 0 Å². The molecule has 15 aromatic rings. The lowest BCUT2D eigenvalue weighted by molar-refractivity contribution is 1.12. The van der Waals surface area contributed by atoms with Gasteiger partial charge in [-0.25, -0.2) is 0 Å². The number of para-hydroxylation sites is 6. The van der Waals surface area contributed by atoms with E-state index in [0.717, 1.165) is 132 Å². The van der Waals surface area contributed by atoms with Crippen molar-refractivity contribution >= 4 is 87.2 Å². The van der Waals surface area contributed by atoms with Crippen LogP contribution in [0.15, 0.2) is 249 Å². The van der Waals surface area contributed by atoms with E-state index in [0.29, 0.717) is 5.56 Å². The van der Waals surface area contributed by atoms with Crippen molar-refractivity contribution in [3.05, 3.63) is 254 Å². The van der Waals surface area contributed by atoms with Gasteiger partial charge in [0.05, 0.1) is 55.5 Å². The topological polar surface area (TPSA) is 43.5 Å². The SMILES string of the molecule is N#Cc1c(-n2c3ccccc3c3ccc4c(c5ccccc5n4-c4ccccc4)c32)cc(-c2ccc(-c3ccccc3)cc2)cc1-n1c2ccccc2c2ccc3c(c4ccccc4n3-c3ccccc3)c21. The maximum Gasteiger partial charge on any atom is 0.104 e. The van der Waals surface area contributed by atoms with Crippen LogP contribution < -0.4 is 0 Å². The Bertz CT molecular complexity index is 4460. The van der Waals surface area contributed by atoms with Crippen molar-refractivity contribution < 1.29 is 0 Å². The summed E-state index contributed by atoms with van der Waals surface area (Å²) in [4.78, 5) is 0. The standard InChI is InChI=1S/C67H41N5/c68-42-55-62(71-56-28-14-10-24-49(56)51-36-38-60-64(66(51)71)53-26-12-16-30-58(53)69(60)47-20-6-2-7-21-47)40-46(45-34-32-44(33-35-45)43-18-4-1-5-19-43)41-63(55)72-57-29-15-11-25-50(57)52-37-39-61-65(67(52)72)54-27-13-17-31-59(54)70(61)48-22-8-3-9-23-48/h1-41H. The maximum absolute atomic E-state index is 12.1. The van der Waals surface area contributed by atoms with Gasteiger partial charge in [0.25, 0.3) is 0 Å². The Morgan fingerprint density at radius 2 is 0.611 bits per heavy atom. The van der Waals surface area contributed by atoms with Crippen LogP contribution in [0.2, 0.25) is 0 Å². The molecule has 0 aliphatic rings. The molecule has 0 radical (unpaired) electrons. The quantitative estimate of drug-likeness (QED) is 0.164. The summed E-state index contributed by atoms with van der Waals surface area (Å²) in [6.07, 6.45) is 0. The molecule has 0 unspecified atom stereocenters. The van der Waals surface area contributed by atoms with Gasteiger partial charge in [-0.3, -0.25) is 0 Å². The van der Waals surface area contributed by atoms with Crippen molar-refractivity contribution in [2.24, 2.45) is 0 Å². The Kier molecular flexibility index (Phi) is 8.66. The van der Waals surface area contributed by atoms with Crippen LogP contribution in [0.25, 0.3) is 132 Å². The first-order chi connectivity index (χ1) is 35.7. The second-order valence-corrected chi connectivity index (χ2v) is 18.7. The first-order valence-electron chi connectivity index (χ1n) is 24.5. The first kappa shape index (κ1) is 40.0. The van der Waals surface area contributed by atoms with Gasteiger partial charge >= 0.3 is 0 Å². The molecule has 0 aliphatic heterocycles. The second kappa shape index (κ2) is 15.6. The largest absolute Gasteiger partial charge is 0.309 e. The first-order valence-corrected chi connectivity index (χ1v) is 24.5. The van der Waals surface area contributed by atoms with Crippen LogP contribution in [-0.2, 0) is 0 Å². The minimum absolute atomic E-state index is 0.581. The summed E-state index contributed by atoms with van der Waals surface area (Å²) in [7, 11) is 0. The highest BCUT2D eigenvalue weighted by molar-refractivity contribution is 6.28. The summed E-state index contributed by atoms with van der Waals surface area (Å²) in [5, 5.41) is 21.2. The molecule has 5 nitrogen and oxygen atoms in total. The molecular weight excluding hydrogens is 875 g/mol. The number of benzene rings is 11. The van der Waals surface area contributed by atoms with Crippen molar-refractivity contribution in [2.45, 2.75) is 0 Å². The van der Waals surface area contributed by atoms with E-state index in [9.17, 15) is 5.26 Å². The van der Waals surface area contributed by atoms with Crippen molar-refractivity contribution in [2.75, 3.05) is 0 Å². The highest BCUT2D eigenvalue weighted by atomic mass is 15.0. The molecular formula is C67H41N5. The molecule has 0 saturated heterocycles. The fourth-order valence-electron chi connectivity index (χ4n) is 12.0. The van der Waals surface area contributed by atoms with Gasteiger partial charge in [-0.1, -0.05) is 176 Å². The third-order valence-corrected chi connectivity index (χ3v) is 15.0. The molecule has 15 rings (SSSR count). The van der Waals surface area contributed by atoms with E-state index in [2.05, 4.69) is 273 Å². The molecule has 11 aromatic carbocycles. The Morgan fingerprint density at radius 3 is 1.04 bits per heavy atom. The van der Waals surface area contributed by atoms with Crippen molar-refractivity contribution in [1.29, 1.82) is 5.26 Å². The Balaban J connectivity index is 1.12. The normalized spacial score (nSPS) is 11.9. The fourth-order valence-corrected chi connectivity index (χ4v) is 12.0. The molecule has 5 heteroatoms. The van der Waals surface area contributed by atoms with E-state index >= 15 is 0 Å². The highest BCUT2D eigenvalue weighted by Crippen LogP contribution is 2.47. The molecule has 4 aromatic heterocycles. The minimum atomic E-state index is 0.581. The van der Waals surface area contributed by atoms with Crippen LogP contribution in [-0.4, -0.2) is 18.3 Å². The van der Waals surface area contributed by atoms with E-state index in [1.807, 2.05) is 0 Å². The number of hydrogen-bond donors (Lipinski definition) is 0. The summed E-state index contributed by atoms with van der Waals surface area (Å²) in [5.41, 5.74) is 17.4. The van der Waals surface area contributed by atoms with Crippen molar-refractivity contribution in [3.8, 4) is 51.1 Å². The van der Waals surface area contributed by atoms with Gasteiger partial charge in [0, 0.05) is 54.5 Å². The van der Waals surface area contributed by atoms with Crippen LogP contribution in [0.3, 0.4) is 0 Å². The predicted octanol–water partition coefficient (Wildman–Crippen LogP) is 17.3. The summed E-state index contributed by atoms with van der Waals surface area (Å²) in [5.74, 6) is 0. The summed E-state index contributed by atoms with van der Waals surface area (Å²) >= 11 is 0. The summed E-state index contributed by atoms with van der Waals surface area (Å²) in [6, 6.07) is 92.0. The molecule has 0 amide bonds. The molecule has 0 fully saturated rings. The zero-order chi connectivity index (χ0) is 47.4. The van der Waals surface area contributed by atoms with Gasteiger partial charge < -0.3 is 18.3 Å². The monoisotopic (exact) mass is 915 g/mol. The van der Waals surface area contributed by atoms with E-state index in [4.69, 9.17) is 0 Å². The van der Waals surface area contributed by atoms with Crippen molar-refractivity contribution in [1.82, 2.24) is 18.3 Å². The molecule has 72 heavy (non-hydrogen) atoms. The van der Waals surface area contributed by atoms with Crippen LogP contribution in [0.5, 0.6) is 0 Å². The maximum atomic E-state index is 12.1. The Hall–Kier alpha value is -9.89. The van der Waals surface area contributed by atoms with Crippen LogP contribution in [0.4, 0.5) is 0 Å². The van der Waals surface area contributed by atoms with E-state index in [-0.39, 0.29) is 0 Å². The Labute approximate surface area is 414 Å². The van der Waals surface area contributed by atoms with Crippen molar-refractivity contribution in [3.63, 3.8) is 0 Å². The minimum Gasteiger partial charge on any atom is -0.309 e. The van der Waals surface area contributed by atoms with E-state index < -0.39 is 0 Å². The van der Waals surface area contributed by atoms with Crippen LogP contribution in [0.1, 0.15) is 5.56 Å². The molecule has 0 aliphatic carbocycles. The number of fused-ring (bicyclic) bond motifs is 14. The van der Waals surface area contributed by atoms with Crippen LogP contribution in [0, 0.1) is 11.3 Å². The lowest BCUT2D eigenvalue weighted by Gasteiger charge is -2.19. The molecule has 0 atom stereocenters. The summed E-state index contributed by atoms with van der Waals surface area (Å²) in [6.45, 7) is 0. The number of nitrogens with zero attached hydrogens (tertiary/aromatic N) is 5. The lowest BCUT2D eigenvalue weighted by Crippen LogP contribution is -2.05. The van der Waals surface area contributed by atoms with Gasteiger partial charge in [0.15, 0.2) is 0 Å². The molecule has 0 saturated carbocycles. The van der Waals surface area contributed by atoms with Gasteiger partial charge in [0.1, 0.15) is 11.6 Å². The van der Waals surface area contributed by atoms with Gasteiger partial charge in [0.2, 0.25) is 0 Å². The second-order valence-electron chi connectivity index (χ2n) is 18.7. The average molecular weight is 916 g/mol. The number of hydrogen-bond acceptors (Lipinski definition) is 1. The molecule has 0 bridgehead atoms. The highest BCUT2D eigenvalue weighted by Gasteiger charge is 2.27. The third-order valence-electron chi connectivity index (χ3n) is 15.0. The molecule has 0 spiro atoms. The zero-order valence-electron chi connectivity index (χ0n) is 38.9. The molecule has 334 valence electrons. The van der Waals surface area contributed by atoms with Gasteiger partial charge in [-0.2, -0.15) is 5.26 Å². The van der Waals surface area contributed by atoms with Crippen LogP contribution >= 0.6 is 0 Å². The number of aromatic nitrogens is 4. The number of nitriles is 1. The fraction of sp³-hybridized carbons (Fsp3) is 0. The van der Waals surface area contributed by atoms with Gasteiger partial charge in [-0.05, 0) is 95.1 Å². The zero-order valence-corrected chi connectivity index (χ0v) is 38.9. The van der Waals surface area contributed by atoms with E-state index in [1.165, 1.54) is 0 Å². The lowest BCUT2D eigenvalue weighted by atomic mass is 9.97. The smallest absolute Gasteiger partial charge is 0.104 e. The molecule has 4 heterocycles. The predicted molar refractivity (Wildman–Crippen MR) is 299 cm³/mol. The van der Waals surface area contributed by atoms with E-state index in [1.54, 1.807) is 0 Å². The summed E-state index contributed by atoms with van der Waals surface area (Å²) < 4.78 is 9.54. The third kappa shape index (κ3) is 5.69.